The zero-order valence-corrected chi connectivity index (χ0v) is 15.4. The summed E-state index contributed by atoms with van der Waals surface area (Å²) in [6.07, 6.45) is 0.796. The molecule has 144 valence electrons. The Morgan fingerprint density at radius 3 is 2.67 bits per heavy atom. The van der Waals surface area contributed by atoms with Crippen molar-refractivity contribution in [2.75, 3.05) is 24.9 Å². The van der Waals surface area contributed by atoms with Gasteiger partial charge in [-0.15, -0.1) is 0 Å². The van der Waals surface area contributed by atoms with E-state index >= 15 is 0 Å². The number of nitrogens with zero attached hydrogens (tertiary/aromatic N) is 1. The molecule has 1 aliphatic rings. The number of nitrogens with one attached hydrogen (secondary N) is 2. The molecule has 1 fully saturated rings. The van der Waals surface area contributed by atoms with Gasteiger partial charge < -0.3 is 10.2 Å². The number of amides is 1. The summed E-state index contributed by atoms with van der Waals surface area (Å²) in [4.78, 5) is 13.6. The van der Waals surface area contributed by atoms with Crippen molar-refractivity contribution in [3.8, 4) is 0 Å². The average Bonchev–Trinajstić information content (AvgIpc) is 3.17. The highest BCUT2D eigenvalue weighted by Crippen LogP contribution is 2.24. The number of benzene rings is 2. The molecule has 0 radical (unpaired) electrons. The van der Waals surface area contributed by atoms with Gasteiger partial charge in [0, 0.05) is 19.6 Å². The zero-order chi connectivity index (χ0) is 19.6. The highest BCUT2D eigenvalue weighted by Gasteiger charge is 2.27. The molecule has 0 bridgehead atoms. The molecule has 1 amide bonds. The van der Waals surface area contributed by atoms with Crippen molar-refractivity contribution in [2.45, 2.75) is 17.4 Å². The van der Waals surface area contributed by atoms with Crippen LogP contribution in [0.15, 0.2) is 47.4 Å². The quantitative estimate of drug-likeness (QED) is 0.814. The van der Waals surface area contributed by atoms with Crippen LogP contribution in [0.3, 0.4) is 0 Å². The molecule has 0 aromatic heterocycles. The summed E-state index contributed by atoms with van der Waals surface area (Å²) < 4.78 is 54.5. The fraction of sp³-hybridized carbons (Fsp3) is 0.278. The van der Waals surface area contributed by atoms with Crippen molar-refractivity contribution in [3.05, 3.63) is 59.7 Å². The third-order valence-electron chi connectivity index (χ3n) is 4.49. The molecule has 0 saturated carbocycles. The Balaban J connectivity index is 1.92. The highest BCUT2D eigenvalue weighted by molar-refractivity contribution is 7.92. The summed E-state index contributed by atoms with van der Waals surface area (Å²) in [5.41, 5.74) is 0.135. The molecule has 0 aliphatic carbocycles. The lowest BCUT2D eigenvalue weighted by molar-refractivity contribution is 0.0745. The fourth-order valence-corrected chi connectivity index (χ4v) is 4.14. The van der Waals surface area contributed by atoms with E-state index in [2.05, 4.69) is 10.0 Å². The number of rotatable bonds is 5. The van der Waals surface area contributed by atoms with E-state index < -0.39 is 26.6 Å². The van der Waals surface area contributed by atoms with Gasteiger partial charge in [-0.05, 0) is 43.3 Å². The van der Waals surface area contributed by atoms with Crippen LogP contribution in [0.1, 0.15) is 16.8 Å². The van der Waals surface area contributed by atoms with E-state index in [-0.39, 0.29) is 23.2 Å². The first-order valence-electron chi connectivity index (χ1n) is 8.34. The molecule has 1 unspecified atom stereocenters. The largest absolute Gasteiger partial charge is 0.337 e. The van der Waals surface area contributed by atoms with Crippen LogP contribution in [0.5, 0.6) is 0 Å². The van der Waals surface area contributed by atoms with Crippen LogP contribution < -0.4 is 10.0 Å². The van der Waals surface area contributed by atoms with Gasteiger partial charge in [0.15, 0.2) is 0 Å². The highest BCUT2D eigenvalue weighted by atomic mass is 32.2. The van der Waals surface area contributed by atoms with Crippen LogP contribution in [-0.4, -0.2) is 45.4 Å². The van der Waals surface area contributed by atoms with Crippen LogP contribution in [0.25, 0.3) is 0 Å². The fourth-order valence-electron chi connectivity index (χ4n) is 2.97. The molecular weight excluding hydrogens is 376 g/mol. The van der Waals surface area contributed by atoms with Gasteiger partial charge in [0.2, 0.25) is 0 Å². The molecule has 1 saturated heterocycles. The summed E-state index contributed by atoms with van der Waals surface area (Å²) in [5.74, 6) is -2.32. The van der Waals surface area contributed by atoms with E-state index in [1.807, 2.05) is 0 Å². The number of para-hydroxylation sites is 1. The van der Waals surface area contributed by atoms with Crippen molar-refractivity contribution >= 4 is 21.6 Å². The van der Waals surface area contributed by atoms with Gasteiger partial charge in [0.1, 0.15) is 16.5 Å². The Morgan fingerprint density at radius 2 is 1.96 bits per heavy atom. The van der Waals surface area contributed by atoms with Gasteiger partial charge in [-0.3, -0.25) is 9.52 Å². The second-order valence-corrected chi connectivity index (χ2v) is 7.94. The molecular formula is C18H19F2N3O3S. The molecule has 2 N–H and O–H groups in total. The molecule has 3 rings (SSSR count). The summed E-state index contributed by atoms with van der Waals surface area (Å²) in [5, 5.41) is 3.16. The Bertz CT molecular complexity index is 960. The Morgan fingerprint density at radius 1 is 1.22 bits per heavy atom. The molecule has 1 atom stereocenters. The Kier molecular flexibility index (Phi) is 5.43. The van der Waals surface area contributed by atoms with Gasteiger partial charge in [-0.25, -0.2) is 17.2 Å². The van der Waals surface area contributed by atoms with Crippen molar-refractivity contribution < 1.29 is 22.0 Å². The van der Waals surface area contributed by atoms with Crippen LogP contribution in [-0.2, 0) is 10.0 Å². The van der Waals surface area contributed by atoms with E-state index in [4.69, 9.17) is 0 Å². The number of hydrogen-bond donors (Lipinski definition) is 2. The zero-order valence-electron chi connectivity index (χ0n) is 14.6. The first-order chi connectivity index (χ1) is 12.8. The van der Waals surface area contributed by atoms with E-state index in [1.165, 1.54) is 12.1 Å². The normalized spacial score (nSPS) is 16.9. The lowest BCUT2D eigenvalue weighted by atomic mass is 10.1. The predicted molar refractivity (Wildman–Crippen MR) is 97.0 cm³/mol. The maximum atomic E-state index is 13.9. The number of hydrogen-bond acceptors (Lipinski definition) is 4. The summed E-state index contributed by atoms with van der Waals surface area (Å²) >= 11 is 0. The van der Waals surface area contributed by atoms with Crippen LogP contribution in [0.2, 0.25) is 0 Å². The van der Waals surface area contributed by atoms with Crippen molar-refractivity contribution in [3.63, 3.8) is 0 Å². The number of halogens is 2. The van der Waals surface area contributed by atoms with Gasteiger partial charge >= 0.3 is 0 Å². The lowest BCUT2D eigenvalue weighted by Gasteiger charge is -2.25. The van der Waals surface area contributed by atoms with Crippen molar-refractivity contribution in [1.29, 1.82) is 0 Å². The number of sulfonamides is 1. The lowest BCUT2D eigenvalue weighted by Crippen LogP contribution is -2.38. The number of anilines is 1. The minimum absolute atomic E-state index is 0.00262. The summed E-state index contributed by atoms with van der Waals surface area (Å²) in [6.45, 7) is 1.46. The van der Waals surface area contributed by atoms with Crippen LogP contribution in [0.4, 0.5) is 14.5 Å². The second-order valence-electron chi connectivity index (χ2n) is 6.29. The molecule has 9 heteroatoms. The van der Waals surface area contributed by atoms with E-state index in [0.717, 1.165) is 25.1 Å². The topological polar surface area (TPSA) is 78.5 Å². The monoisotopic (exact) mass is 395 g/mol. The van der Waals surface area contributed by atoms with Crippen LogP contribution in [0, 0.1) is 11.6 Å². The average molecular weight is 395 g/mol. The SMILES string of the molecule is CN(C(=O)c1ccccc1NS(=O)(=O)c1cc(F)ccc1F)C1CCNC1. The van der Waals surface area contributed by atoms with Crippen molar-refractivity contribution in [2.24, 2.45) is 0 Å². The van der Waals surface area contributed by atoms with Crippen LogP contribution >= 0.6 is 0 Å². The standard InChI is InChI=1S/C18H19F2N3O3S/c1-23(13-8-9-21-11-13)18(24)14-4-2-3-5-16(14)22-27(25,26)17-10-12(19)6-7-15(17)20/h2-7,10,13,21-22H,8-9,11H2,1H3. The molecule has 6 nitrogen and oxygen atoms in total. The smallest absolute Gasteiger partial charge is 0.264 e. The van der Waals surface area contributed by atoms with E-state index in [1.54, 1.807) is 24.1 Å². The van der Waals surface area contributed by atoms with Crippen molar-refractivity contribution in [1.82, 2.24) is 10.2 Å². The third kappa shape index (κ3) is 4.09. The van der Waals surface area contributed by atoms with E-state index in [0.29, 0.717) is 12.6 Å². The summed E-state index contributed by atoms with van der Waals surface area (Å²) in [7, 11) is -2.77. The number of likely N-dealkylation sites (N-methyl/N-ethyl adjacent to an activating group) is 1. The molecule has 0 spiro atoms. The van der Waals surface area contributed by atoms with Gasteiger partial charge in [-0.1, -0.05) is 12.1 Å². The van der Waals surface area contributed by atoms with Gasteiger partial charge in [-0.2, -0.15) is 0 Å². The van der Waals surface area contributed by atoms with Gasteiger partial charge in [0.25, 0.3) is 15.9 Å². The maximum absolute atomic E-state index is 13.9. The first kappa shape index (κ1) is 19.2. The number of carbonyl (C=O) groups excluding carboxylic acids is 1. The Labute approximate surface area is 156 Å². The first-order valence-corrected chi connectivity index (χ1v) is 9.82. The molecule has 2 aromatic rings. The minimum Gasteiger partial charge on any atom is -0.337 e. The maximum Gasteiger partial charge on any atom is 0.264 e. The Hall–Kier alpha value is -2.52. The van der Waals surface area contributed by atoms with Gasteiger partial charge in [0.05, 0.1) is 11.3 Å². The van der Waals surface area contributed by atoms with E-state index in [9.17, 15) is 22.0 Å². The minimum atomic E-state index is -4.42. The molecule has 2 aromatic carbocycles. The summed E-state index contributed by atoms with van der Waals surface area (Å²) in [6, 6.07) is 8.21. The molecule has 27 heavy (non-hydrogen) atoms. The molecule has 1 heterocycles. The third-order valence-corrected chi connectivity index (χ3v) is 5.87. The molecule has 1 aliphatic heterocycles. The number of carbonyl (C=O) groups is 1. The predicted octanol–water partition coefficient (Wildman–Crippen LogP) is 2.20. The second kappa shape index (κ2) is 7.61.